The van der Waals surface area contributed by atoms with E-state index >= 15 is 0 Å². The van der Waals surface area contributed by atoms with E-state index in [1.54, 1.807) is 0 Å². The predicted octanol–water partition coefficient (Wildman–Crippen LogP) is 3.77. The van der Waals surface area contributed by atoms with Crippen molar-refractivity contribution in [1.82, 2.24) is 0 Å². The van der Waals surface area contributed by atoms with Gasteiger partial charge in [0.25, 0.3) is 0 Å². The molecule has 0 unspecified atom stereocenters. The van der Waals surface area contributed by atoms with E-state index in [2.05, 4.69) is 19.5 Å². The van der Waals surface area contributed by atoms with Gasteiger partial charge in [0.15, 0.2) is 0 Å². The fourth-order valence-corrected chi connectivity index (χ4v) is 1.45. The second kappa shape index (κ2) is 9.31. The number of ether oxygens (including phenoxy) is 3. The van der Waals surface area contributed by atoms with Crippen molar-refractivity contribution in [1.29, 1.82) is 0 Å². The first kappa shape index (κ1) is 23.6. The Balaban J connectivity index is 4.56. The van der Waals surface area contributed by atoms with Gasteiger partial charge >= 0.3 is 24.1 Å². The molecule has 0 heterocycles. The molecule has 0 aromatic rings. The SMILES string of the molecule is [N-]=[N+]=NCCOCCOCCOC(C(F)(F)F)(C(F)(F)F)C(F)(F)F. The maximum atomic E-state index is 12.5. The normalized spacial score (nSPS) is 13.6. The topological polar surface area (TPSA) is 76.5 Å². The van der Waals surface area contributed by atoms with Gasteiger partial charge in [-0.1, -0.05) is 5.11 Å². The molecule has 0 atom stereocenters. The summed E-state index contributed by atoms with van der Waals surface area (Å²) in [6, 6.07) is 0. The van der Waals surface area contributed by atoms with Crippen molar-refractivity contribution in [2.45, 2.75) is 24.1 Å². The summed E-state index contributed by atoms with van der Waals surface area (Å²) in [5.41, 5.74) is 1.62. The number of hydrogen-bond donors (Lipinski definition) is 0. The van der Waals surface area contributed by atoms with Gasteiger partial charge in [0.2, 0.25) is 0 Å². The molecule has 0 spiro atoms. The van der Waals surface area contributed by atoms with Gasteiger partial charge in [0, 0.05) is 11.5 Å². The van der Waals surface area contributed by atoms with Crippen LogP contribution < -0.4 is 0 Å². The number of alkyl halides is 9. The highest BCUT2D eigenvalue weighted by atomic mass is 19.4. The second-order valence-electron chi connectivity index (χ2n) is 4.20. The average Bonchev–Trinajstić information content (AvgIpc) is 2.40. The van der Waals surface area contributed by atoms with Crippen LogP contribution in [0.15, 0.2) is 5.11 Å². The molecule has 0 N–H and O–H groups in total. The van der Waals surface area contributed by atoms with Gasteiger partial charge in [0.1, 0.15) is 0 Å². The largest absolute Gasteiger partial charge is 0.435 e. The Hall–Kier alpha value is -1.44. The van der Waals surface area contributed by atoms with Crippen molar-refractivity contribution >= 4 is 0 Å². The first-order valence-electron chi connectivity index (χ1n) is 6.31. The predicted molar refractivity (Wildman–Crippen MR) is 62.5 cm³/mol. The van der Waals surface area contributed by atoms with Crippen LogP contribution in [0.5, 0.6) is 0 Å². The van der Waals surface area contributed by atoms with E-state index in [1.165, 1.54) is 0 Å². The summed E-state index contributed by atoms with van der Waals surface area (Å²) in [7, 11) is 0. The van der Waals surface area contributed by atoms with Crippen LogP contribution >= 0.6 is 0 Å². The van der Waals surface area contributed by atoms with Crippen LogP contribution in [-0.4, -0.2) is 63.7 Å². The summed E-state index contributed by atoms with van der Waals surface area (Å²) in [5.74, 6) is 0. The van der Waals surface area contributed by atoms with Crippen molar-refractivity contribution in [3.63, 3.8) is 0 Å². The Morgan fingerprint density at radius 2 is 1.08 bits per heavy atom. The first-order valence-corrected chi connectivity index (χ1v) is 6.31. The molecule has 0 radical (unpaired) electrons. The van der Waals surface area contributed by atoms with Crippen LogP contribution in [0.3, 0.4) is 0 Å². The summed E-state index contributed by atoms with van der Waals surface area (Å²) in [4.78, 5) is 2.40. The summed E-state index contributed by atoms with van der Waals surface area (Å²) < 4.78 is 125. The maximum absolute atomic E-state index is 12.5. The molecule has 148 valence electrons. The Bertz CT molecular complexity index is 408. The van der Waals surface area contributed by atoms with Crippen LogP contribution in [0, 0.1) is 0 Å². The van der Waals surface area contributed by atoms with E-state index in [1.807, 2.05) is 0 Å². The van der Waals surface area contributed by atoms with E-state index in [0.29, 0.717) is 0 Å². The number of halogens is 9. The van der Waals surface area contributed by atoms with Crippen molar-refractivity contribution < 1.29 is 53.7 Å². The van der Waals surface area contributed by atoms with Gasteiger partial charge < -0.3 is 14.2 Å². The number of azide groups is 1. The Morgan fingerprint density at radius 1 is 0.680 bits per heavy atom. The monoisotopic (exact) mass is 393 g/mol. The molecule has 0 aliphatic rings. The molecule has 0 saturated carbocycles. The Kier molecular flexibility index (Phi) is 8.77. The van der Waals surface area contributed by atoms with Crippen molar-refractivity contribution in [2.75, 3.05) is 39.6 Å². The van der Waals surface area contributed by atoms with Crippen LogP contribution in [0.2, 0.25) is 0 Å². The summed E-state index contributed by atoms with van der Waals surface area (Å²) >= 11 is 0. The second-order valence-corrected chi connectivity index (χ2v) is 4.20. The number of hydrogen-bond acceptors (Lipinski definition) is 4. The van der Waals surface area contributed by atoms with Crippen LogP contribution in [-0.2, 0) is 14.2 Å². The molecule has 0 bridgehead atoms. The summed E-state index contributed by atoms with van der Waals surface area (Å²) in [5, 5.41) is 3.09. The Labute approximate surface area is 134 Å². The van der Waals surface area contributed by atoms with Gasteiger partial charge in [-0.05, 0) is 5.53 Å². The van der Waals surface area contributed by atoms with E-state index < -0.39 is 37.3 Å². The molecular weight excluding hydrogens is 381 g/mol. The lowest BCUT2D eigenvalue weighted by atomic mass is 10.0. The van der Waals surface area contributed by atoms with Crippen molar-refractivity contribution in [3.05, 3.63) is 10.4 Å². The van der Waals surface area contributed by atoms with Crippen LogP contribution in [0.25, 0.3) is 10.4 Å². The average molecular weight is 393 g/mol. The lowest BCUT2D eigenvalue weighted by Gasteiger charge is -2.37. The van der Waals surface area contributed by atoms with E-state index in [9.17, 15) is 39.5 Å². The molecule has 0 aliphatic carbocycles. The van der Waals surface area contributed by atoms with Gasteiger partial charge in [-0.2, -0.15) is 39.5 Å². The first-order chi connectivity index (χ1) is 11.3. The molecule has 0 aliphatic heterocycles. The smallest absolute Gasteiger partial charge is 0.379 e. The minimum absolute atomic E-state index is 0.0229. The zero-order valence-corrected chi connectivity index (χ0v) is 12.2. The highest BCUT2D eigenvalue weighted by Crippen LogP contribution is 2.54. The van der Waals surface area contributed by atoms with E-state index in [0.717, 1.165) is 0 Å². The third-order valence-corrected chi connectivity index (χ3v) is 2.51. The van der Waals surface area contributed by atoms with Crippen molar-refractivity contribution in [3.8, 4) is 0 Å². The third kappa shape index (κ3) is 6.41. The quantitative estimate of drug-likeness (QED) is 0.186. The molecule has 15 heteroatoms. The van der Waals surface area contributed by atoms with Crippen LogP contribution in [0.4, 0.5) is 39.5 Å². The summed E-state index contributed by atoms with van der Waals surface area (Å²) in [6.45, 7) is -3.14. The Morgan fingerprint density at radius 3 is 1.48 bits per heavy atom. The molecule has 6 nitrogen and oxygen atoms in total. The fourth-order valence-electron chi connectivity index (χ4n) is 1.45. The zero-order chi connectivity index (χ0) is 19.8. The molecule has 0 amide bonds. The van der Waals surface area contributed by atoms with Crippen LogP contribution in [0.1, 0.15) is 0 Å². The van der Waals surface area contributed by atoms with E-state index in [-0.39, 0.29) is 26.4 Å². The number of rotatable bonds is 10. The minimum atomic E-state index is -6.77. The highest BCUT2D eigenvalue weighted by Gasteiger charge is 2.85. The highest BCUT2D eigenvalue weighted by molar-refractivity contribution is 5.02. The molecule has 0 saturated heterocycles. The standard InChI is InChI=1S/C10H12F9N3O3/c11-8(12,13)7(9(14,15)16,10(17,18)19)25-6-5-24-4-3-23-2-1-21-22-20/h1-6H2. The molecular formula is C10H12F9N3O3. The third-order valence-electron chi connectivity index (χ3n) is 2.51. The fraction of sp³-hybridized carbons (Fsp3) is 1.00. The lowest BCUT2D eigenvalue weighted by molar-refractivity contribution is -0.457. The molecule has 0 rings (SSSR count). The molecule has 0 aromatic carbocycles. The zero-order valence-electron chi connectivity index (χ0n) is 12.2. The van der Waals surface area contributed by atoms with Gasteiger partial charge in [-0.3, -0.25) is 0 Å². The minimum Gasteiger partial charge on any atom is -0.379 e. The lowest BCUT2D eigenvalue weighted by Crippen LogP contribution is -2.68. The van der Waals surface area contributed by atoms with E-state index in [4.69, 9.17) is 10.3 Å². The number of nitrogens with zero attached hydrogens (tertiary/aromatic N) is 3. The van der Waals surface area contributed by atoms with Crippen molar-refractivity contribution in [2.24, 2.45) is 5.11 Å². The van der Waals surface area contributed by atoms with Gasteiger partial charge in [-0.25, -0.2) is 0 Å². The van der Waals surface area contributed by atoms with Gasteiger partial charge in [-0.15, -0.1) is 0 Å². The molecule has 0 fully saturated rings. The molecule has 25 heavy (non-hydrogen) atoms. The van der Waals surface area contributed by atoms with Gasteiger partial charge in [0.05, 0.1) is 33.0 Å². The maximum Gasteiger partial charge on any atom is 0.435 e. The molecule has 0 aromatic heterocycles. The summed E-state index contributed by atoms with van der Waals surface area (Å²) in [6.07, 6.45) is -20.3.